The van der Waals surface area contributed by atoms with Crippen LogP contribution in [0.25, 0.3) is 0 Å². The molecule has 1 fully saturated rings. The Bertz CT molecular complexity index is 1400. The van der Waals surface area contributed by atoms with E-state index in [1.54, 1.807) is 19.2 Å². The van der Waals surface area contributed by atoms with Crippen molar-refractivity contribution < 1.29 is 18.0 Å². The lowest BCUT2D eigenvalue weighted by Crippen LogP contribution is -2.45. The Morgan fingerprint density at radius 3 is 2.59 bits per heavy atom. The molecule has 3 heterocycles. The number of aryl methyl sites for hydroxylation is 1. The number of amides is 1. The summed E-state index contributed by atoms with van der Waals surface area (Å²) in [6, 6.07) is 6.29. The second-order valence-corrected chi connectivity index (χ2v) is 8.95. The molecule has 204 valence electrons. The molecule has 1 aliphatic rings. The molecule has 10 nitrogen and oxygen atoms in total. The van der Waals surface area contributed by atoms with Gasteiger partial charge >= 0.3 is 6.18 Å². The Hall–Kier alpha value is -4.52. The number of nitrogens with one attached hydrogen (secondary N) is 2. The van der Waals surface area contributed by atoms with Gasteiger partial charge in [-0.05, 0) is 50.0 Å². The number of likely N-dealkylation sites (N-methyl/N-ethyl adjacent to an activating group) is 1. The van der Waals surface area contributed by atoms with E-state index >= 15 is 0 Å². The molecule has 0 spiro atoms. The van der Waals surface area contributed by atoms with Crippen molar-refractivity contribution in [2.75, 3.05) is 48.8 Å². The number of aliphatic imine (C=N–C) groups is 1. The number of piperazine rings is 1. The van der Waals surface area contributed by atoms with Crippen molar-refractivity contribution in [2.45, 2.75) is 13.1 Å². The molecule has 0 unspecified atom stereocenters. The highest BCUT2D eigenvalue weighted by molar-refractivity contribution is 6.05. The van der Waals surface area contributed by atoms with Crippen molar-refractivity contribution >= 4 is 34.9 Å². The number of nitrogens with zero attached hydrogens (tertiary/aromatic N) is 6. The van der Waals surface area contributed by atoms with E-state index in [0.717, 1.165) is 50.1 Å². The number of hydrogen-bond acceptors (Lipinski definition) is 8. The van der Waals surface area contributed by atoms with Crippen molar-refractivity contribution in [3.05, 3.63) is 77.9 Å². The molecule has 3 aromatic rings. The molecule has 1 saturated heterocycles. The van der Waals surface area contributed by atoms with Crippen molar-refractivity contribution in [3.8, 4) is 0 Å². The summed E-state index contributed by atoms with van der Waals surface area (Å²) in [5.41, 5.74) is 7.62. The molecule has 1 aromatic carbocycles. The first kappa shape index (κ1) is 27.5. The number of carbonyl (C=O) groups excluding carboxylic acids is 1. The summed E-state index contributed by atoms with van der Waals surface area (Å²) >= 11 is 0. The van der Waals surface area contributed by atoms with Gasteiger partial charge in [0.1, 0.15) is 11.5 Å². The van der Waals surface area contributed by atoms with Crippen LogP contribution in [0.4, 0.5) is 36.3 Å². The lowest BCUT2D eigenvalue weighted by atomic mass is 10.1. The van der Waals surface area contributed by atoms with Gasteiger partial charge in [0.05, 0.1) is 23.1 Å². The summed E-state index contributed by atoms with van der Waals surface area (Å²) in [5, 5.41) is 5.36. The molecule has 1 aliphatic heterocycles. The summed E-state index contributed by atoms with van der Waals surface area (Å²) in [6.45, 7) is 8.75. The van der Waals surface area contributed by atoms with E-state index < -0.39 is 17.6 Å². The SMILES string of the molecule is C=CNc1cnc(N2CCN(C)CC2)nc1C(N)=Nc1cc(C(=O)Nc2cc(C(F)(F)F)ccn2)ccc1C. The summed E-state index contributed by atoms with van der Waals surface area (Å²) in [4.78, 5) is 34.5. The largest absolute Gasteiger partial charge is 0.416 e. The standard InChI is InChI=1S/C26H28F3N9O/c1-4-31-20-15-33-25(38-11-9-37(3)10-12-38)36-22(20)23(30)34-19-13-17(6-5-16(19)2)24(39)35-21-14-18(7-8-32-21)26(27,28)29/h4-8,13-15,31H,1,9-12H2,2-3H3,(H2,30,34)(H,32,35,39). The average Bonchev–Trinajstić information content (AvgIpc) is 2.90. The van der Waals surface area contributed by atoms with Gasteiger partial charge in [-0.2, -0.15) is 13.2 Å². The van der Waals surface area contributed by atoms with Gasteiger partial charge < -0.3 is 26.2 Å². The summed E-state index contributed by atoms with van der Waals surface area (Å²) < 4.78 is 39.1. The van der Waals surface area contributed by atoms with Gasteiger partial charge in [0.15, 0.2) is 5.84 Å². The first-order chi connectivity index (χ1) is 18.5. The van der Waals surface area contributed by atoms with Crippen LogP contribution < -0.4 is 21.3 Å². The molecule has 0 bridgehead atoms. The number of nitrogens with two attached hydrogens (primary N) is 1. The smallest absolute Gasteiger partial charge is 0.382 e. The van der Waals surface area contributed by atoms with Crippen LogP contribution in [0.3, 0.4) is 0 Å². The summed E-state index contributed by atoms with van der Waals surface area (Å²) in [6.07, 6.45) is -0.491. The predicted molar refractivity (Wildman–Crippen MR) is 144 cm³/mol. The number of benzene rings is 1. The van der Waals surface area contributed by atoms with Gasteiger partial charge in [0.2, 0.25) is 5.95 Å². The van der Waals surface area contributed by atoms with Gasteiger partial charge in [0, 0.05) is 37.9 Å². The van der Waals surface area contributed by atoms with Crippen LogP contribution >= 0.6 is 0 Å². The van der Waals surface area contributed by atoms with Gasteiger partial charge in [-0.15, -0.1) is 0 Å². The molecule has 4 rings (SSSR count). The predicted octanol–water partition coefficient (Wildman–Crippen LogP) is 3.80. The minimum Gasteiger partial charge on any atom is -0.382 e. The lowest BCUT2D eigenvalue weighted by Gasteiger charge is -2.32. The maximum absolute atomic E-state index is 13.0. The van der Waals surface area contributed by atoms with Crippen LogP contribution in [0, 0.1) is 6.92 Å². The second kappa shape index (κ2) is 11.5. The monoisotopic (exact) mass is 539 g/mol. The topological polar surface area (TPSA) is 125 Å². The van der Waals surface area contributed by atoms with E-state index in [2.05, 4.69) is 54.0 Å². The summed E-state index contributed by atoms with van der Waals surface area (Å²) in [5.74, 6) is -0.274. The lowest BCUT2D eigenvalue weighted by molar-refractivity contribution is -0.137. The third kappa shape index (κ3) is 6.68. The van der Waals surface area contributed by atoms with Crippen molar-refractivity contribution in [3.63, 3.8) is 0 Å². The Balaban J connectivity index is 1.62. The fraction of sp³-hybridized carbons (Fsp3) is 0.269. The van der Waals surface area contributed by atoms with Crippen molar-refractivity contribution in [1.29, 1.82) is 0 Å². The quantitative estimate of drug-likeness (QED) is 0.306. The number of hydrogen-bond donors (Lipinski definition) is 3. The summed E-state index contributed by atoms with van der Waals surface area (Å²) in [7, 11) is 2.05. The van der Waals surface area contributed by atoms with E-state index in [1.807, 2.05) is 0 Å². The molecular weight excluding hydrogens is 511 g/mol. The molecule has 1 amide bonds. The van der Waals surface area contributed by atoms with E-state index in [9.17, 15) is 18.0 Å². The molecule has 39 heavy (non-hydrogen) atoms. The second-order valence-electron chi connectivity index (χ2n) is 8.95. The number of amidine groups is 1. The number of carbonyl (C=O) groups is 1. The van der Waals surface area contributed by atoms with Crippen LogP contribution in [0.2, 0.25) is 0 Å². The number of halogens is 3. The minimum atomic E-state index is -4.56. The average molecular weight is 540 g/mol. The van der Waals surface area contributed by atoms with E-state index in [1.165, 1.54) is 18.3 Å². The molecule has 4 N–H and O–H groups in total. The van der Waals surface area contributed by atoms with Crippen LogP contribution in [0.1, 0.15) is 27.2 Å². The highest BCUT2D eigenvalue weighted by atomic mass is 19.4. The van der Waals surface area contributed by atoms with Gasteiger partial charge in [-0.3, -0.25) is 4.79 Å². The van der Waals surface area contributed by atoms with Crippen LogP contribution in [-0.2, 0) is 6.18 Å². The fourth-order valence-electron chi connectivity index (χ4n) is 3.86. The Morgan fingerprint density at radius 2 is 1.90 bits per heavy atom. The molecular formula is C26H28F3N9O. The van der Waals surface area contributed by atoms with Crippen molar-refractivity contribution in [1.82, 2.24) is 19.9 Å². The van der Waals surface area contributed by atoms with Crippen molar-refractivity contribution in [2.24, 2.45) is 10.7 Å². The number of pyridine rings is 1. The van der Waals surface area contributed by atoms with Gasteiger partial charge in [0.25, 0.3) is 5.91 Å². The van der Waals surface area contributed by atoms with Crippen LogP contribution in [-0.4, -0.2) is 64.8 Å². The van der Waals surface area contributed by atoms with Crippen LogP contribution in [0.5, 0.6) is 0 Å². The van der Waals surface area contributed by atoms with E-state index in [0.29, 0.717) is 23.0 Å². The third-order valence-corrected chi connectivity index (χ3v) is 6.10. The molecule has 0 aliphatic carbocycles. The Morgan fingerprint density at radius 1 is 1.15 bits per heavy atom. The van der Waals surface area contributed by atoms with Gasteiger partial charge in [-0.25, -0.2) is 19.9 Å². The normalized spacial score (nSPS) is 14.7. The van der Waals surface area contributed by atoms with E-state index in [-0.39, 0.29) is 17.2 Å². The number of alkyl halides is 3. The molecule has 0 saturated carbocycles. The Kier molecular flexibility index (Phi) is 8.10. The first-order valence-corrected chi connectivity index (χ1v) is 12.0. The van der Waals surface area contributed by atoms with E-state index in [4.69, 9.17) is 5.73 Å². The fourth-order valence-corrected chi connectivity index (χ4v) is 3.86. The van der Waals surface area contributed by atoms with Crippen LogP contribution in [0.15, 0.2) is 60.5 Å². The Labute approximate surface area is 223 Å². The minimum absolute atomic E-state index is 0.0809. The molecule has 0 radical (unpaired) electrons. The zero-order valence-corrected chi connectivity index (χ0v) is 21.5. The first-order valence-electron chi connectivity index (χ1n) is 12.0. The highest BCUT2D eigenvalue weighted by Gasteiger charge is 2.31. The van der Waals surface area contributed by atoms with Gasteiger partial charge in [-0.1, -0.05) is 12.6 Å². The zero-order valence-electron chi connectivity index (χ0n) is 21.5. The number of anilines is 3. The maximum Gasteiger partial charge on any atom is 0.416 e. The molecule has 2 aromatic heterocycles. The zero-order chi connectivity index (χ0) is 28.2. The number of rotatable bonds is 7. The maximum atomic E-state index is 13.0. The molecule has 13 heteroatoms. The highest BCUT2D eigenvalue weighted by Crippen LogP contribution is 2.30. The molecule has 0 atom stereocenters. The number of aromatic nitrogens is 3. The third-order valence-electron chi connectivity index (χ3n) is 6.10.